The van der Waals surface area contributed by atoms with Gasteiger partial charge in [-0.15, -0.1) is 0 Å². The minimum Gasteiger partial charge on any atom is -0.464 e. The maximum atomic E-state index is 11.7. The third-order valence-corrected chi connectivity index (χ3v) is 3.00. The van der Waals surface area contributed by atoms with Crippen LogP contribution in [-0.2, 0) is 15.1 Å². The molecule has 1 aromatic carbocycles. The van der Waals surface area contributed by atoms with Crippen LogP contribution >= 0.6 is 11.6 Å². The molecule has 1 heterocycles. The molecule has 0 unspecified atom stereocenters. The molecular formula is C11H12ClNO2. The average molecular weight is 226 g/mol. The summed E-state index contributed by atoms with van der Waals surface area (Å²) in [6.07, 6.45) is 1.35. The van der Waals surface area contributed by atoms with Gasteiger partial charge in [0.1, 0.15) is 5.54 Å². The summed E-state index contributed by atoms with van der Waals surface area (Å²) < 4.78 is 4.98. The van der Waals surface area contributed by atoms with Crippen LogP contribution in [0.25, 0.3) is 0 Å². The van der Waals surface area contributed by atoms with Gasteiger partial charge in [-0.05, 0) is 18.9 Å². The van der Waals surface area contributed by atoms with Gasteiger partial charge in [-0.25, -0.2) is 4.79 Å². The number of cyclic esters (lactones) is 1. The maximum absolute atomic E-state index is 11.7. The van der Waals surface area contributed by atoms with E-state index in [1.54, 1.807) is 12.1 Å². The predicted molar refractivity (Wildman–Crippen MR) is 57.5 cm³/mol. The lowest BCUT2D eigenvalue weighted by Crippen LogP contribution is -2.49. The molecule has 15 heavy (non-hydrogen) atoms. The van der Waals surface area contributed by atoms with Gasteiger partial charge in [0, 0.05) is 10.6 Å². The molecule has 0 saturated carbocycles. The van der Waals surface area contributed by atoms with Crippen LogP contribution in [0.1, 0.15) is 18.4 Å². The van der Waals surface area contributed by atoms with E-state index in [9.17, 15) is 4.79 Å². The van der Waals surface area contributed by atoms with Crippen molar-refractivity contribution in [1.29, 1.82) is 0 Å². The van der Waals surface area contributed by atoms with Crippen molar-refractivity contribution in [3.05, 3.63) is 34.9 Å². The van der Waals surface area contributed by atoms with Crippen LogP contribution in [0.3, 0.4) is 0 Å². The number of carbonyl (C=O) groups is 1. The molecule has 4 heteroatoms. The topological polar surface area (TPSA) is 52.3 Å². The molecule has 2 N–H and O–H groups in total. The van der Waals surface area contributed by atoms with E-state index in [1.807, 2.05) is 12.1 Å². The number of carbonyl (C=O) groups excluding carboxylic acids is 1. The maximum Gasteiger partial charge on any atom is 0.330 e. The second-order valence-corrected chi connectivity index (χ2v) is 4.10. The highest BCUT2D eigenvalue weighted by Gasteiger charge is 2.41. The van der Waals surface area contributed by atoms with Crippen LogP contribution in [0.5, 0.6) is 0 Å². The van der Waals surface area contributed by atoms with E-state index >= 15 is 0 Å². The lowest BCUT2D eigenvalue weighted by atomic mass is 9.85. The highest BCUT2D eigenvalue weighted by molar-refractivity contribution is 6.31. The standard InChI is InChI=1S/C11H12ClNO2/c12-9-5-2-1-4-8(9)11(13)6-3-7-15-10(11)14/h1-2,4-5H,3,6-7,13H2/t11-/m0/s1. The minimum atomic E-state index is -1.07. The summed E-state index contributed by atoms with van der Waals surface area (Å²) in [4.78, 5) is 11.7. The largest absolute Gasteiger partial charge is 0.464 e. The van der Waals surface area contributed by atoms with E-state index in [0.29, 0.717) is 23.6 Å². The zero-order chi connectivity index (χ0) is 10.9. The van der Waals surface area contributed by atoms with E-state index in [4.69, 9.17) is 22.1 Å². The molecule has 1 aromatic rings. The highest BCUT2D eigenvalue weighted by Crippen LogP contribution is 2.33. The summed E-state index contributed by atoms with van der Waals surface area (Å²) in [6.45, 7) is 0.447. The summed E-state index contributed by atoms with van der Waals surface area (Å²) in [5.74, 6) is -0.387. The van der Waals surface area contributed by atoms with Gasteiger partial charge in [-0.1, -0.05) is 29.8 Å². The molecule has 1 atom stereocenters. The molecule has 3 nitrogen and oxygen atoms in total. The van der Waals surface area contributed by atoms with Gasteiger partial charge in [0.05, 0.1) is 6.61 Å². The van der Waals surface area contributed by atoms with Crippen molar-refractivity contribution in [2.45, 2.75) is 18.4 Å². The number of hydrogen-bond acceptors (Lipinski definition) is 3. The van der Waals surface area contributed by atoms with Gasteiger partial charge in [-0.3, -0.25) is 0 Å². The quantitative estimate of drug-likeness (QED) is 0.742. The molecule has 1 aliphatic heterocycles. The Kier molecular flexibility index (Phi) is 2.67. The molecule has 0 amide bonds. The van der Waals surface area contributed by atoms with Crippen LogP contribution in [0.15, 0.2) is 24.3 Å². The monoisotopic (exact) mass is 225 g/mol. The predicted octanol–water partition coefficient (Wildman–Crippen LogP) is 1.83. The van der Waals surface area contributed by atoms with Crippen LogP contribution in [0.2, 0.25) is 5.02 Å². The fraction of sp³-hybridized carbons (Fsp3) is 0.364. The molecule has 0 radical (unpaired) electrons. The molecule has 0 aliphatic carbocycles. The van der Waals surface area contributed by atoms with Crippen LogP contribution in [0.4, 0.5) is 0 Å². The number of esters is 1. The summed E-state index contributed by atoms with van der Waals surface area (Å²) in [5.41, 5.74) is 5.64. The molecule has 1 saturated heterocycles. The Balaban J connectivity index is 2.44. The summed E-state index contributed by atoms with van der Waals surface area (Å²) in [5, 5.41) is 0.513. The lowest BCUT2D eigenvalue weighted by molar-refractivity contribution is -0.155. The van der Waals surface area contributed by atoms with E-state index < -0.39 is 5.54 Å². The van der Waals surface area contributed by atoms with E-state index in [0.717, 1.165) is 6.42 Å². The van der Waals surface area contributed by atoms with Crippen molar-refractivity contribution in [3.63, 3.8) is 0 Å². The zero-order valence-electron chi connectivity index (χ0n) is 8.20. The fourth-order valence-corrected chi connectivity index (χ4v) is 2.12. The number of ether oxygens (including phenoxy) is 1. The number of rotatable bonds is 1. The van der Waals surface area contributed by atoms with Crippen LogP contribution in [0, 0.1) is 0 Å². The smallest absolute Gasteiger partial charge is 0.330 e. The fourth-order valence-electron chi connectivity index (χ4n) is 1.81. The van der Waals surface area contributed by atoms with Crippen molar-refractivity contribution >= 4 is 17.6 Å². The van der Waals surface area contributed by atoms with Crippen molar-refractivity contribution in [2.75, 3.05) is 6.61 Å². The Labute approximate surface area is 93.2 Å². The van der Waals surface area contributed by atoms with Crippen molar-refractivity contribution < 1.29 is 9.53 Å². The lowest BCUT2D eigenvalue weighted by Gasteiger charge is -2.32. The van der Waals surface area contributed by atoms with Crippen molar-refractivity contribution in [1.82, 2.24) is 0 Å². The first-order chi connectivity index (χ1) is 7.14. The number of hydrogen-bond donors (Lipinski definition) is 1. The van der Waals surface area contributed by atoms with Gasteiger partial charge in [0.15, 0.2) is 0 Å². The van der Waals surface area contributed by atoms with Gasteiger partial charge in [0.2, 0.25) is 0 Å². The minimum absolute atomic E-state index is 0.387. The van der Waals surface area contributed by atoms with E-state index in [-0.39, 0.29) is 5.97 Å². The number of halogens is 1. The average Bonchev–Trinajstić information content (AvgIpc) is 2.23. The Morgan fingerprint density at radius 3 is 2.80 bits per heavy atom. The Morgan fingerprint density at radius 1 is 1.40 bits per heavy atom. The summed E-state index contributed by atoms with van der Waals surface area (Å²) >= 11 is 6.02. The summed E-state index contributed by atoms with van der Waals surface area (Å²) in [7, 11) is 0. The zero-order valence-corrected chi connectivity index (χ0v) is 8.96. The van der Waals surface area contributed by atoms with Crippen LogP contribution < -0.4 is 5.73 Å². The molecule has 80 valence electrons. The number of benzene rings is 1. The first-order valence-corrected chi connectivity index (χ1v) is 5.23. The molecule has 1 aliphatic rings. The van der Waals surface area contributed by atoms with Gasteiger partial charge >= 0.3 is 5.97 Å². The Bertz CT molecular complexity index is 394. The van der Waals surface area contributed by atoms with Gasteiger partial charge in [-0.2, -0.15) is 0 Å². The molecule has 0 aromatic heterocycles. The van der Waals surface area contributed by atoms with Gasteiger partial charge in [0.25, 0.3) is 0 Å². The first-order valence-electron chi connectivity index (χ1n) is 4.86. The van der Waals surface area contributed by atoms with E-state index in [1.165, 1.54) is 0 Å². The Morgan fingerprint density at radius 2 is 2.13 bits per heavy atom. The van der Waals surface area contributed by atoms with Crippen molar-refractivity contribution in [2.24, 2.45) is 5.73 Å². The molecule has 0 bridgehead atoms. The highest BCUT2D eigenvalue weighted by atomic mass is 35.5. The SMILES string of the molecule is N[C@]1(c2ccccc2Cl)CCCOC1=O. The van der Waals surface area contributed by atoms with Gasteiger partial charge < -0.3 is 10.5 Å². The van der Waals surface area contributed by atoms with E-state index in [2.05, 4.69) is 0 Å². The normalized spacial score (nSPS) is 26.1. The molecule has 1 fully saturated rings. The second kappa shape index (κ2) is 3.83. The third-order valence-electron chi connectivity index (χ3n) is 2.67. The van der Waals surface area contributed by atoms with Crippen LogP contribution in [-0.4, -0.2) is 12.6 Å². The van der Waals surface area contributed by atoms with Crippen molar-refractivity contribution in [3.8, 4) is 0 Å². The second-order valence-electron chi connectivity index (χ2n) is 3.69. The third kappa shape index (κ3) is 1.73. The first kappa shape index (κ1) is 10.5. The molecule has 2 rings (SSSR count). The Hall–Kier alpha value is -1.06. The molecular weight excluding hydrogens is 214 g/mol. The molecule has 0 spiro atoms. The summed E-state index contributed by atoms with van der Waals surface area (Å²) in [6, 6.07) is 7.13. The number of nitrogens with two attached hydrogens (primary N) is 1.